The molecule has 0 aliphatic carbocycles. The van der Waals surface area contributed by atoms with E-state index in [0.717, 1.165) is 42.1 Å². The van der Waals surface area contributed by atoms with Gasteiger partial charge in [0.05, 0.1) is 7.11 Å². The molecule has 0 fully saturated rings. The number of ether oxygens (including phenoxy) is 2. The molecular weight excluding hydrogens is 384 g/mol. The monoisotopic (exact) mass is 426 g/mol. The first-order chi connectivity index (χ1) is 15.2. The van der Waals surface area contributed by atoms with Crippen LogP contribution in [-0.4, -0.2) is 38.2 Å². The van der Waals surface area contributed by atoms with Crippen molar-refractivity contribution in [1.82, 2.24) is 10.2 Å². The van der Waals surface area contributed by atoms with Gasteiger partial charge in [-0.3, -0.25) is 0 Å². The van der Waals surface area contributed by atoms with E-state index in [4.69, 9.17) is 9.47 Å². The number of hydrogen-bond donors (Lipinski definition) is 1. The summed E-state index contributed by atoms with van der Waals surface area (Å²) in [7, 11) is 1.70. The van der Waals surface area contributed by atoms with Gasteiger partial charge in [0, 0.05) is 12.1 Å². The molecule has 0 amide bonds. The summed E-state index contributed by atoms with van der Waals surface area (Å²) in [4.78, 5) is 2.62. The van der Waals surface area contributed by atoms with E-state index in [2.05, 4.69) is 61.3 Å². The standard InChI is InChI=1S/C27H42N2O2/c1-5-7-18-29(19-8-6-2)20-10-17-28-21-25-11-9-12-26(30-4)27(25)31-22-24-15-13-23(3)14-16-24/h9,11-16,28H,5-8,10,17-22H2,1-4H3. The Bertz CT molecular complexity index is 723. The molecule has 0 atom stereocenters. The van der Waals surface area contributed by atoms with Gasteiger partial charge < -0.3 is 19.7 Å². The van der Waals surface area contributed by atoms with Crippen molar-refractivity contribution in [1.29, 1.82) is 0 Å². The van der Waals surface area contributed by atoms with E-state index in [1.54, 1.807) is 7.11 Å². The Hall–Kier alpha value is -2.04. The molecule has 0 unspecified atom stereocenters. The van der Waals surface area contributed by atoms with Gasteiger partial charge in [0.15, 0.2) is 11.5 Å². The zero-order valence-corrected chi connectivity index (χ0v) is 20.1. The molecule has 0 radical (unpaired) electrons. The molecule has 0 aliphatic rings. The fourth-order valence-corrected chi connectivity index (χ4v) is 3.61. The summed E-state index contributed by atoms with van der Waals surface area (Å²) in [5.41, 5.74) is 3.56. The molecule has 4 nitrogen and oxygen atoms in total. The molecule has 0 saturated carbocycles. The van der Waals surface area contributed by atoms with Crippen LogP contribution in [0.1, 0.15) is 62.6 Å². The van der Waals surface area contributed by atoms with Crippen LogP contribution in [0.3, 0.4) is 0 Å². The van der Waals surface area contributed by atoms with Gasteiger partial charge in [-0.2, -0.15) is 0 Å². The summed E-state index contributed by atoms with van der Waals surface area (Å²) >= 11 is 0. The number of unbranched alkanes of at least 4 members (excludes halogenated alkanes) is 2. The zero-order chi connectivity index (χ0) is 22.3. The lowest BCUT2D eigenvalue weighted by molar-refractivity contribution is 0.260. The number of nitrogens with zero attached hydrogens (tertiary/aromatic N) is 1. The first kappa shape index (κ1) is 25.2. The molecule has 2 aromatic rings. The Balaban J connectivity index is 1.85. The minimum Gasteiger partial charge on any atom is -0.493 e. The van der Waals surface area contributed by atoms with E-state index >= 15 is 0 Å². The van der Waals surface area contributed by atoms with Gasteiger partial charge in [-0.05, 0) is 64.0 Å². The highest BCUT2D eigenvalue weighted by Gasteiger charge is 2.11. The number of rotatable bonds is 16. The predicted octanol–water partition coefficient (Wildman–Crippen LogP) is 5.96. The van der Waals surface area contributed by atoms with Crippen molar-refractivity contribution >= 4 is 0 Å². The SMILES string of the molecule is CCCCN(CCCC)CCCNCc1cccc(OC)c1OCc1ccc(C)cc1. The van der Waals surface area contributed by atoms with Crippen molar-refractivity contribution < 1.29 is 9.47 Å². The van der Waals surface area contributed by atoms with E-state index in [-0.39, 0.29) is 0 Å². The second-order valence-corrected chi connectivity index (χ2v) is 8.30. The topological polar surface area (TPSA) is 33.7 Å². The summed E-state index contributed by atoms with van der Waals surface area (Å²) in [6.07, 6.45) is 6.28. The molecule has 1 N–H and O–H groups in total. The molecular formula is C27H42N2O2. The minimum absolute atomic E-state index is 0.539. The van der Waals surface area contributed by atoms with Gasteiger partial charge in [0.2, 0.25) is 0 Å². The Morgan fingerprint density at radius 2 is 1.55 bits per heavy atom. The summed E-state index contributed by atoms with van der Waals surface area (Å²) in [5.74, 6) is 1.63. The summed E-state index contributed by atoms with van der Waals surface area (Å²) < 4.78 is 11.8. The number of para-hydroxylation sites is 1. The average molecular weight is 427 g/mol. The minimum atomic E-state index is 0.539. The third-order valence-electron chi connectivity index (χ3n) is 5.58. The third kappa shape index (κ3) is 9.32. The quantitative estimate of drug-likeness (QED) is 0.336. The highest BCUT2D eigenvalue weighted by Crippen LogP contribution is 2.31. The van der Waals surface area contributed by atoms with E-state index in [0.29, 0.717) is 6.61 Å². The third-order valence-corrected chi connectivity index (χ3v) is 5.58. The number of benzene rings is 2. The largest absolute Gasteiger partial charge is 0.493 e. The van der Waals surface area contributed by atoms with Crippen molar-refractivity contribution in [3.63, 3.8) is 0 Å². The lowest BCUT2D eigenvalue weighted by Crippen LogP contribution is -2.29. The normalized spacial score (nSPS) is 11.1. The molecule has 0 aromatic heterocycles. The average Bonchev–Trinajstić information content (AvgIpc) is 2.79. The predicted molar refractivity (Wildman–Crippen MR) is 131 cm³/mol. The molecule has 2 aromatic carbocycles. The molecule has 4 heteroatoms. The van der Waals surface area contributed by atoms with E-state index < -0.39 is 0 Å². The fourth-order valence-electron chi connectivity index (χ4n) is 3.61. The number of nitrogens with one attached hydrogen (secondary N) is 1. The van der Waals surface area contributed by atoms with Crippen LogP contribution < -0.4 is 14.8 Å². The van der Waals surface area contributed by atoms with Gasteiger partial charge in [-0.25, -0.2) is 0 Å². The van der Waals surface area contributed by atoms with Crippen molar-refractivity contribution in [2.75, 3.05) is 33.3 Å². The van der Waals surface area contributed by atoms with Crippen LogP contribution in [0.4, 0.5) is 0 Å². The Labute approximate surface area is 189 Å². The van der Waals surface area contributed by atoms with Crippen molar-refractivity contribution in [3.05, 3.63) is 59.2 Å². The first-order valence-corrected chi connectivity index (χ1v) is 11.9. The molecule has 0 aliphatic heterocycles. The van der Waals surface area contributed by atoms with Gasteiger partial charge in [-0.15, -0.1) is 0 Å². The van der Waals surface area contributed by atoms with Crippen LogP contribution in [0, 0.1) is 6.92 Å². The van der Waals surface area contributed by atoms with Crippen molar-refractivity contribution in [2.45, 2.75) is 66.0 Å². The molecule has 31 heavy (non-hydrogen) atoms. The lowest BCUT2D eigenvalue weighted by atomic mass is 10.1. The maximum absolute atomic E-state index is 6.20. The van der Waals surface area contributed by atoms with E-state index in [1.807, 2.05) is 12.1 Å². The van der Waals surface area contributed by atoms with Gasteiger partial charge in [0.1, 0.15) is 6.61 Å². The highest BCUT2D eigenvalue weighted by molar-refractivity contribution is 5.46. The number of methoxy groups -OCH3 is 1. The highest BCUT2D eigenvalue weighted by atomic mass is 16.5. The van der Waals surface area contributed by atoms with Gasteiger partial charge in [-0.1, -0.05) is 68.7 Å². The fraction of sp³-hybridized carbons (Fsp3) is 0.556. The lowest BCUT2D eigenvalue weighted by Gasteiger charge is -2.22. The van der Waals surface area contributed by atoms with Gasteiger partial charge >= 0.3 is 0 Å². The van der Waals surface area contributed by atoms with Crippen LogP contribution in [0.2, 0.25) is 0 Å². The van der Waals surface area contributed by atoms with Crippen molar-refractivity contribution in [2.24, 2.45) is 0 Å². The maximum Gasteiger partial charge on any atom is 0.166 e. The Kier molecular flexibility index (Phi) is 12.1. The van der Waals surface area contributed by atoms with Crippen LogP contribution >= 0.6 is 0 Å². The Morgan fingerprint density at radius 3 is 2.19 bits per heavy atom. The molecule has 2 rings (SSSR count). The van der Waals surface area contributed by atoms with E-state index in [1.165, 1.54) is 50.9 Å². The summed E-state index contributed by atoms with van der Waals surface area (Å²) in [5, 5.41) is 3.60. The molecule has 0 bridgehead atoms. The number of aryl methyl sites for hydroxylation is 1. The van der Waals surface area contributed by atoms with Gasteiger partial charge in [0.25, 0.3) is 0 Å². The molecule has 0 spiro atoms. The number of hydrogen-bond acceptors (Lipinski definition) is 4. The molecule has 0 heterocycles. The van der Waals surface area contributed by atoms with E-state index in [9.17, 15) is 0 Å². The van der Waals surface area contributed by atoms with Crippen LogP contribution in [0.15, 0.2) is 42.5 Å². The maximum atomic E-state index is 6.20. The van der Waals surface area contributed by atoms with Crippen molar-refractivity contribution in [3.8, 4) is 11.5 Å². The molecule has 172 valence electrons. The van der Waals surface area contributed by atoms with Crippen LogP contribution in [0.25, 0.3) is 0 Å². The second kappa shape index (κ2) is 14.9. The Morgan fingerprint density at radius 1 is 0.871 bits per heavy atom. The van der Waals surface area contributed by atoms with Crippen LogP contribution in [-0.2, 0) is 13.2 Å². The zero-order valence-electron chi connectivity index (χ0n) is 20.1. The molecule has 0 saturated heterocycles. The summed E-state index contributed by atoms with van der Waals surface area (Å²) in [6.45, 7) is 12.6. The summed E-state index contributed by atoms with van der Waals surface area (Å²) in [6, 6.07) is 14.6. The smallest absolute Gasteiger partial charge is 0.166 e. The second-order valence-electron chi connectivity index (χ2n) is 8.30. The first-order valence-electron chi connectivity index (χ1n) is 11.9. The van der Waals surface area contributed by atoms with Crippen LogP contribution in [0.5, 0.6) is 11.5 Å².